The topological polar surface area (TPSA) is 92.9 Å². The predicted molar refractivity (Wildman–Crippen MR) is 66.6 cm³/mol. The number of carbonyl (C=O) groups is 2. The molecular weight excluding hydrogens is 255 g/mol. The quantitative estimate of drug-likeness (QED) is 0.751. The fourth-order valence-electron chi connectivity index (χ4n) is 1.67. The van der Waals surface area contributed by atoms with E-state index in [1.165, 1.54) is 24.1 Å². The Hall–Kier alpha value is -2.15. The van der Waals surface area contributed by atoms with Crippen molar-refractivity contribution in [2.75, 3.05) is 31.7 Å². The number of hydrogen-bond donors (Lipinski definition) is 2. The molecule has 0 spiro atoms. The minimum atomic E-state index is -1.10. The van der Waals surface area contributed by atoms with E-state index in [1.54, 1.807) is 0 Å². The lowest BCUT2D eigenvalue weighted by molar-refractivity contribution is -0.135. The molecule has 0 heterocycles. The highest BCUT2D eigenvalue weighted by Gasteiger charge is 2.20. The molecule has 0 radical (unpaired) electrons. The molecule has 0 bridgehead atoms. The molecule has 0 saturated heterocycles. The van der Waals surface area contributed by atoms with E-state index in [4.69, 9.17) is 15.6 Å². The molecule has 3 N–H and O–H groups in total. The lowest BCUT2D eigenvalue weighted by Gasteiger charge is -2.24. The number of benzene rings is 1. The van der Waals surface area contributed by atoms with Crippen molar-refractivity contribution in [3.8, 4) is 0 Å². The first-order chi connectivity index (χ1) is 8.97. The van der Waals surface area contributed by atoms with Gasteiger partial charge in [0.2, 0.25) is 0 Å². The Bertz CT molecular complexity index is 479. The van der Waals surface area contributed by atoms with Gasteiger partial charge in [-0.05, 0) is 12.1 Å². The maximum absolute atomic E-state index is 13.6. The number of rotatable bonds is 7. The van der Waals surface area contributed by atoms with Gasteiger partial charge in [0.15, 0.2) is 0 Å². The van der Waals surface area contributed by atoms with E-state index in [1.807, 2.05) is 0 Å². The van der Waals surface area contributed by atoms with Crippen LogP contribution in [-0.2, 0) is 9.53 Å². The van der Waals surface area contributed by atoms with Gasteiger partial charge in [-0.25, -0.2) is 4.39 Å². The molecule has 7 heteroatoms. The lowest BCUT2D eigenvalue weighted by Crippen LogP contribution is -2.34. The SMILES string of the molecule is COCCN(CC(=O)O)c1cccc(F)c1C(N)=O. The van der Waals surface area contributed by atoms with Crippen LogP contribution < -0.4 is 10.6 Å². The normalized spacial score (nSPS) is 10.2. The van der Waals surface area contributed by atoms with Crippen molar-refractivity contribution in [1.29, 1.82) is 0 Å². The highest BCUT2D eigenvalue weighted by molar-refractivity contribution is 5.99. The summed E-state index contributed by atoms with van der Waals surface area (Å²) in [6.45, 7) is 0.0572. The fraction of sp³-hybridized carbons (Fsp3) is 0.333. The number of nitrogens with zero attached hydrogens (tertiary/aromatic N) is 1. The van der Waals surface area contributed by atoms with E-state index in [2.05, 4.69) is 0 Å². The van der Waals surface area contributed by atoms with Gasteiger partial charge in [0.1, 0.15) is 12.4 Å². The predicted octanol–water partition coefficient (Wildman–Crippen LogP) is 0.462. The summed E-state index contributed by atoms with van der Waals surface area (Å²) in [6, 6.07) is 3.93. The van der Waals surface area contributed by atoms with Crippen molar-refractivity contribution < 1.29 is 23.8 Å². The van der Waals surface area contributed by atoms with E-state index in [9.17, 15) is 14.0 Å². The number of nitrogens with two attached hydrogens (primary N) is 1. The van der Waals surface area contributed by atoms with Crippen LogP contribution in [0.3, 0.4) is 0 Å². The Morgan fingerprint density at radius 3 is 2.68 bits per heavy atom. The second-order valence-electron chi connectivity index (χ2n) is 3.81. The fourth-order valence-corrected chi connectivity index (χ4v) is 1.67. The Balaban J connectivity index is 3.16. The van der Waals surface area contributed by atoms with Crippen LogP contribution in [0, 0.1) is 5.82 Å². The van der Waals surface area contributed by atoms with Crippen molar-refractivity contribution in [2.24, 2.45) is 5.73 Å². The zero-order valence-corrected chi connectivity index (χ0v) is 10.4. The highest BCUT2D eigenvalue weighted by atomic mass is 19.1. The first-order valence-corrected chi connectivity index (χ1v) is 5.51. The number of anilines is 1. The van der Waals surface area contributed by atoms with Crippen LogP contribution in [0.1, 0.15) is 10.4 Å². The summed E-state index contributed by atoms with van der Waals surface area (Å²) < 4.78 is 18.5. The van der Waals surface area contributed by atoms with Gasteiger partial charge in [0.05, 0.1) is 17.9 Å². The van der Waals surface area contributed by atoms with Gasteiger partial charge >= 0.3 is 5.97 Å². The summed E-state index contributed by atoms with van der Waals surface area (Å²) in [4.78, 5) is 23.4. The number of methoxy groups -OCH3 is 1. The molecule has 1 aromatic rings. The Kier molecular flexibility index (Phi) is 5.25. The smallest absolute Gasteiger partial charge is 0.323 e. The van der Waals surface area contributed by atoms with Gasteiger partial charge in [-0.2, -0.15) is 0 Å². The Labute approximate surface area is 109 Å². The molecule has 0 unspecified atom stereocenters. The van der Waals surface area contributed by atoms with Crippen LogP contribution in [-0.4, -0.2) is 43.8 Å². The molecule has 1 rings (SSSR count). The van der Waals surface area contributed by atoms with Crippen molar-refractivity contribution in [3.63, 3.8) is 0 Å². The van der Waals surface area contributed by atoms with Crippen molar-refractivity contribution in [2.45, 2.75) is 0 Å². The number of ether oxygens (including phenoxy) is 1. The van der Waals surface area contributed by atoms with Crippen molar-refractivity contribution in [3.05, 3.63) is 29.6 Å². The summed E-state index contributed by atoms with van der Waals surface area (Å²) in [5.41, 5.74) is 4.95. The minimum Gasteiger partial charge on any atom is -0.480 e. The van der Waals surface area contributed by atoms with E-state index in [0.717, 1.165) is 6.07 Å². The molecule has 0 aromatic heterocycles. The van der Waals surface area contributed by atoms with Gasteiger partial charge in [-0.3, -0.25) is 9.59 Å². The summed E-state index contributed by atoms with van der Waals surface area (Å²) in [5, 5.41) is 8.85. The third kappa shape index (κ3) is 3.92. The molecule has 0 fully saturated rings. The van der Waals surface area contributed by atoms with Crippen LogP contribution in [0.2, 0.25) is 0 Å². The number of aliphatic carboxylic acids is 1. The van der Waals surface area contributed by atoms with Crippen LogP contribution in [0.4, 0.5) is 10.1 Å². The molecule has 0 aliphatic heterocycles. The van der Waals surface area contributed by atoms with Gasteiger partial charge in [0.25, 0.3) is 5.91 Å². The van der Waals surface area contributed by atoms with Crippen LogP contribution in [0.25, 0.3) is 0 Å². The summed E-state index contributed by atoms with van der Waals surface area (Å²) >= 11 is 0. The van der Waals surface area contributed by atoms with E-state index >= 15 is 0 Å². The average Bonchev–Trinajstić information content (AvgIpc) is 2.33. The first-order valence-electron chi connectivity index (χ1n) is 5.51. The van der Waals surface area contributed by atoms with E-state index in [0.29, 0.717) is 0 Å². The van der Waals surface area contributed by atoms with Crippen LogP contribution >= 0.6 is 0 Å². The summed E-state index contributed by atoms with van der Waals surface area (Å²) in [5.74, 6) is -2.82. The second-order valence-corrected chi connectivity index (χ2v) is 3.81. The lowest BCUT2D eigenvalue weighted by atomic mass is 10.1. The number of carbonyl (C=O) groups excluding carboxylic acids is 1. The molecule has 19 heavy (non-hydrogen) atoms. The largest absolute Gasteiger partial charge is 0.480 e. The molecule has 0 aliphatic carbocycles. The van der Waals surface area contributed by atoms with Gasteiger partial charge in [-0.1, -0.05) is 6.07 Å². The van der Waals surface area contributed by atoms with Crippen molar-refractivity contribution >= 4 is 17.6 Å². The Morgan fingerprint density at radius 1 is 1.47 bits per heavy atom. The van der Waals surface area contributed by atoms with Crippen LogP contribution in [0.5, 0.6) is 0 Å². The van der Waals surface area contributed by atoms with Gasteiger partial charge in [-0.15, -0.1) is 0 Å². The monoisotopic (exact) mass is 270 g/mol. The molecule has 0 atom stereocenters. The van der Waals surface area contributed by atoms with E-state index in [-0.39, 0.29) is 30.9 Å². The molecule has 1 aromatic carbocycles. The second kappa shape index (κ2) is 6.69. The number of carboxylic acids is 1. The standard InChI is InChI=1S/C12H15FN2O4/c1-19-6-5-15(7-10(16)17)9-4-2-3-8(13)11(9)12(14)18/h2-4H,5-7H2,1H3,(H2,14,18)(H,16,17). The third-order valence-electron chi connectivity index (χ3n) is 2.47. The van der Waals surface area contributed by atoms with Gasteiger partial charge < -0.3 is 20.5 Å². The molecule has 0 aliphatic rings. The maximum atomic E-state index is 13.6. The molecule has 6 nitrogen and oxygen atoms in total. The Morgan fingerprint density at radius 2 is 2.16 bits per heavy atom. The maximum Gasteiger partial charge on any atom is 0.323 e. The number of carboxylic acid groups (broad SMARTS) is 1. The average molecular weight is 270 g/mol. The molecule has 0 saturated carbocycles. The number of halogens is 1. The highest BCUT2D eigenvalue weighted by Crippen LogP contribution is 2.22. The van der Waals surface area contributed by atoms with Gasteiger partial charge in [0, 0.05) is 13.7 Å². The summed E-state index contributed by atoms with van der Waals surface area (Å²) in [6.07, 6.45) is 0. The van der Waals surface area contributed by atoms with Crippen molar-refractivity contribution in [1.82, 2.24) is 0 Å². The van der Waals surface area contributed by atoms with E-state index < -0.39 is 17.7 Å². The molecule has 104 valence electrons. The number of primary amides is 1. The molecular formula is C12H15FN2O4. The number of amides is 1. The zero-order valence-electron chi connectivity index (χ0n) is 10.4. The zero-order chi connectivity index (χ0) is 14.4. The minimum absolute atomic E-state index is 0.145. The molecule has 1 amide bonds. The number of hydrogen-bond acceptors (Lipinski definition) is 4. The summed E-state index contributed by atoms with van der Waals surface area (Å²) in [7, 11) is 1.46. The van der Waals surface area contributed by atoms with Crippen LogP contribution in [0.15, 0.2) is 18.2 Å². The third-order valence-corrected chi connectivity index (χ3v) is 2.47. The first kappa shape index (κ1) is 14.9.